The number of hydrogen-bond donors (Lipinski definition) is 2. The molecule has 98 valence electrons. The van der Waals surface area contributed by atoms with Crippen LogP contribution in [0.3, 0.4) is 0 Å². The fourth-order valence-electron chi connectivity index (χ4n) is 2.97. The van der Waals surface area contributed by atoms with Gasteiger partial charge in [0, 0.05) is 17.3 Å². The Morgan fingerprint density at radius 3 is 2.50 bits per heavy atom. The quantitative estimate of drug-likeness (QED) is 0.815. The molecule has 0 aliphatic heterocycles. The molecule has 1 aromatic carbocycles. The van der Waals surface area contributed by atoms with Crippen LogP contribution in [0.5, 0.6) is 0 Å². The summed E-state index contributed by atoms with van der Waals surface area (Å²) in [5.41, 5.74) is 7.70. The number of hydrogen-bond acceptors (Lipinski definition) is 2. The summed E-state index contributed by atoms with van der Waals surface area (Å²) in [7, 11) is 0. The maximum Gasteiger partial charge on any atom is 0.103 e. The molecule has 3 atom stereocenters. The van der Waals surface area contributed by atoms with Crippen molar-refractivity contribution in [1.29, 1.82) is 0 Å². The fourth-order valence-corrected chi connectivity index (χ4v) is 3.11. The van der Waals surface area contributed by atoms with Crippen molar-refractivity contribution in [3.05, 3.63) is 29.8 Å². The molecule has 1 aliphatic rings. The Morgan fingerprint density at radius 1 is 1.33 bits per heavy atom. The maximum atomic E-state index is 5.60. The zero-order valence-electron chi connectivity index (χ0n) is 11.1. The van der Waals surface area contributed by atoms with Gasteiger partial charge in [0.15, 0.2) is 0 Å². The molecule has 0 bridgehead atoms. The van der Waals surface area contributed by atoms with E-state index in [0.717, 1.165) is 17.4 Å². The Morgan fingerprint density at radius 2 is 2.00 bits per heavy atom. The largest absolute Gasteiger partial charge is 0.389 e. The van der Waals surface area contributed by atoms with E-state index in [1.165, 1.54) is 24.9 Å². The predicted molar refractivity (Wildman–Crippen MR) is 81.9 cm³/mol. The average molecular weight is 262 g/mol. The van der Waals surface area contributed by atoms with Crippen LogP contribution >= 0.6 is 12.2 Å². The van der Waals surface area contributed by atoms with E-state index in [1.54, 1.807) is 0 Å². The van der Waals surface area contributed by atoms with Gasteiger partial charge in [-0.05, 0) is 48.9 Å². The van der Waals surface area contributed by atoms with Gasteiger partial charge in [-0.25, -0.2) is 0 Å². The van der Waals surface area contributed by atoms with Crippen LogP contribution in [0, 0.1) is 11.8 Å². The molecule has 2 rings (SSSR count). The van der Waals surface area contributed by atoms with E-state index in [1.807, 2.05) is 12.1 Å². The highest BCUT2D eigenvalue weighted by atomic mass is 32.1. The van der Waals surface area contributed by atoms with Crippen molar-refractivity contribution < 1.29 is 0 Å². The third-order valence-electron chi connectivity index (χ3n) is 4.27. The van der Waals surface area contributed by atoms with E-state index in [2.05, 4.69) is 31.3 Å². The van der Waals surface area contributed by atoms with Crippen LogP contribution in [0.25, 0.3) is 0 Å². The molecular weight excluding hydrogens is 240 g/mol. The first kappa shape index (κ1) is 13.3. The second-order valence-electron chi connectivity index (χ2n) is 5.30. The number of benzene rings is 1. The molecule has 0 radical (unpaired) electrons. The Kier molecular flexibility index (Phi) is 4.23. The lowest BCUT2D eigenvalue weighted by Crippen LogP contribution is -2.24. The van der Waals surface area contributed by atoms with Crippen LogP contribution in [-0.2, 0) is 0 Å². The average Bonchev–Trinajstić information content (AvgIpc) is 2.71. The summed E-state index contributed by atoms with van der Waals surface area (Å²) in [4.78, 5) is 0.460. The van der Waals surface area contributed by atoms with Crippen molar-refractivity contribution in [3.63, 3.8) is 0 Å². The van der Waals surface area contributed by atoms with E-state index in [9.17, 15) is 0 Å². The van der Waals surface area contributed by atoms with Crippen LogP contribution < -0.4 is 11.1 Å². The number of anilines is 1. The Labute approximate surface area is 115 Å². The minimum Gasteiger partial charge on any atom is -0.389 e. The van der Waals surface area contributed by atoms with Crippen LogP contribution in [-0.4, -0.2) is 11.0 Å². The summed E-state index contributed by atoms with van der Waals surface area (Å²) in [6, 6.07) is 8.72. The summed E-state index contributed by atoms with van der Waals surface area (Å²) < 4.78 is 0. The summed E-state index contributed by atoms with van der Waals surface area (Å²) in [6.07, 6.45) is 3.91. The van der Waals surface area contributed by atoms with Gasteiger partial charge >= 0.3 is 0 Å². The Bertz CT molecular complexity index is 413. The molecule has 0 amide bonds. The summed E-state index contributed by atoms with van der Waals surface area (Å²) in [5.74, 6) is 1.63. The van der Waals surface area contributed by atoms with Gasteiger partial charge in [0.25, 0.3) is 0 Å². The van der Waals surface area contributed by atoms with E-state index < -0.39 is 0 Å². The third-order valence-corrected chi connectivity index (χ3v) is 4.51. The van der Waals surface area contributed by atoms with Gasteiger partial charge in [0.05, 0.1) is 0 Å². The summed E-state index contributed by atoms with van der Waals surface area (Å²) in [6.45, 7) is 4.66. The number of nitrogens with two attached hydrogens (primary N) is 1. The van der Waals surface area contributed by atoms with Gasteiger partial charge < -0.3 is 11.1 Å². The van der Waals surface area contributed by atoms with Gasteiger partial charge in [-0.2, -0.15) is 0 Å². The molecule has 0 aromatic heterocycles. The lowest BCUT2D eigenvalue weighted by Gasteiger charge is -2.22. The summed E-state index contributed by atoms with van der Waals surface area (Å²) in [5, 5.41) is 3.64. The zero-order valence-corrected chi connectivity index (χ0v) is 12.0. The lowest BCUT2D eigenvalue weighted by atomic mass is 9.93. The first-order valence-electron chi connectivity index (χ1n) is 6.78. The Hall–Kier alpha value is -1.09. The third kappa shape index (κ3) is 2.83. The second-order valence-corrected chi connectivity index (χ2v) is 5.74. The topological polar surface area (TPSA) is 38.0 Å². The number of thiocarbonyl (C=S) groups is 1. The summed E-state index contributed by atoms with van der Waals surface area (Å²) >= 11 is 4.96. The SMILES string of the molecule is CCC1CCC(Nc2ccc(C(N)=S)cc2)C1C. The smallest absolute Gasteiger partial charge is 0.103 e. The fraction of sp³-hybridized carbons (Fsp3) is 0.533. The molecule has 3 unspecified atom stereocenters. The molecule has 0 saturated heterocycles. The molecule has 3 N–H and O–H groups in total. The molecule has 2 nitrogen and oxygen atoms in total. The first-order chi connectivity index (χ1) is 8.61. The Balaban J connectivity index is 2.00. The molecule has 3 heteroatoms. The van der Waals surface area contributed by atoms with E-state index in [0.29, 0.717) is 11.0 Å². The predicted octanol–water partition coefficient (Wildman–Crippen LogP) is 3.56. The van der Waals surface area contributed by atoms with Crippen LogP contribution in [0.2, 0.25) is 0 Å². The van der Waals surface area contributed by atoms with Gasteiger partial charge in [0.2, 0.25) is 0 Å². The number of nitrogens with one attached hydrogen (secondary N) is 1. The molecule has 1 saturated carbocycles. The van der Waals surface area contributed by atoms with E-state index in [-0.39, 0.29) is 0 Å². The molecular formula is C15H22N2S. The van der Waals surface area contributed by atoms with Gasteiger partial charge in [-0.3, -0.25) is 0 Å². The van der Waals surface area contributed by atoms with Crippen molar-refractivity contribution >= 4 is 22.9 Å². The number of rotatable bonds is 4. The first-order valence-corrected chi connectivity index (χ1v) is 7.19. The van der Waals surface area contributed by atoms with E-state index in [4.69, 9.17) is 18.0 Å². The van der Waals surface area contributed by atoms with Crippen molar-refractivity contribution in [2.45, 2.75) is 39.2 Å². The molecule has 0 heterocycles. The van der Waals surface area contributed by atoms with Gasteiger partial charge in [-0.1, -0.05) is 32.5 Å². The van der Waals surface area contributed by atoms with Crippen molar-refractivity contribution in [3.8, 4) is 0 Å². The lowest BCUT2D eigenvalue weighted by molar-refractivity contribution is 0.392. The van der Waals surface area contributed by atoms with Crippen molar-refractivity contribution in [1.82, 2.24) is 0 Å². The molecule has 0 spiro atoms. The molecule has 1 aromatic rings. The second kappa shape index (κ2) is 5.70. The zero-order chi connectivity index (χ0) is 13.1. The van der Waals surface area contributed by atoms with Crippen LogP contribution in [0.15, 0.2) is 24.3 Å². The monoisotopic (exact) mass is 262 g/mol. The van der Waals surface area contributed by atoms with Gasteiger partial charge in [0.1, 0.15) is 4.99 Å². The minimum atomic E-state index is 0.460. The minimum absolute atomic E-state index is 0.460. The van der Waals surface area contributed by atoms with E-state index >= 15 is 0 Å². The highest BCUT2D eigenvalue weighted by molar-refractivity contribution is 7.80. The normalized spacial score (nSPS) is 27.1. The maximum absolute atomic E-state index is 5.60. The molecule has 18 heavy (non-hydrogen) atoms. The molecule has 1 fully saturated rings. The highest BCUT2D eigenvalue weighted by Crippen LogP contribution is 2.35. The van der Waals surface area contributed by atoms with Crippen molar-refractivity contribution in [2.75, 3.05) is 5.32 Å². The molecule has 1 aliphatic carbocycles. The van der Waals surface area contributed by atoms with Crippen LogP contribution in [0.1, 0.15) is 38.7 Å². The van der Waals surface area contributed by atoms with Gasteiger partial charge in [-0.15, -0.1) is 0 Å². The highest BCUT2D eigenvalue weighted by Gasteiger charge is 2.31. The standard InChI is InChI=1S/C15H22N2S/c1-3-11-6-9-14(10(11)2)17-13-7-4-12(5-8-13)15(16)18/h4-5,7-8,10-11,14,17H,3,6,9H2,1-2H3,(H2,16,18). The van der Waals surface area contributed by atoms with Crippen molar-refractivity contribution in [2.24, 2.45) is 17.6 Å². The van der Waals surface area contributed by atoms with Crippen LogP contribution in [0.4, 0.5) is 5.69 Å².